The van der Waals surface area contributed by atoms with Gasteiger partial charge in [-0.05, 0) is 18.3 Å². The Kier molecular flexibility index (Phi) is 2.07. The summed E-state index contributed by atoms with van der Waals surface area (Å²) < 4.78 is 25.7. The zero-order valence-corrected chi connectivity index (χ0v) is 7.73. The van der Waals surface area contributed by atoms with E-state index in [0.717, 1.165) is 13.1 Å². The van der Waals surface area contributed by atoms with Crippen molar-refractivity contribution in [1.29, 1.82) is 0 Å². The fourth-order valence-corrected chi connectivity index (χ4v) is 2.40. The van der Waals surface area contributed by atoms with E-state index < -0.39 is 12.5 Å². The van der Waals surface area contributed by atoms with Gasteiger partial charge >= 0.3 is 0 Å². The molecule has 0 radical (unpaired) electrons. The quantitative estimate of drug-likeness (QED) is 0.721. The molecule has 2 rings (SSSR count). The van der Waals surface area contributed by atoms with E-state index in [4.69, 9.17) is 5.73 Å². The van der Waals surface area contributed by atoms with E-state index in [-0.39, 0.29) is 6.54 Å². The molecular weight excluding hydrogens is 174 g/mol. The molecule has 1 aliphatic heterocycles. The van der Waals surface area contributed by atoms with Crippen LogP contribution in [0.5, 0.6) is 0 Å². The van der Waals surface area contributed by atoms with Crippen LogP contribution >= 0.6 is 0 Å². The van der Waals surface area contributed by atoms with E-state index in [2.05, 4.69) is 0 Å². The van der Waals surface area contributed by atoms with E-state index in [0.29, 0.717) is 5.41 Å². The summed E-state index contributed by atoms with van der Waals surface area (Å²) in [6, 6.07) is 0. The first-order valence-corrected chi connectivity index (χ1v) is 4.86. The third kappa shape index (κ3) is 1.70. The van der Waals surface area contributed by atoms with Gasteiger partial charge in [-0.1, -0.05) is 6.42 Å². The van der Waals surface area contributed by atoms with Crippen LogP contribution in [0.15, 0.2) is 0 Å². The molecule has 76 valence electrons. The number of halogens is 2. The Morgan fingerprint density at radius 3 is 2.31 bits per heavy atom. The van der Waals surface area contributed by atoms with Gasteiger partial charge in [0.25, 0.3) is 5.92 Å². The van der Waals surface area contributed by atoms with Crippen LogP contribution in [0.1, 0.15) is 19.3 Å². The van der Waals surface area contributed by atoms with E-state index in [9.17, 15) is 8.78 Å². The van der Waals surface area contributed by atoms with Gasteiger partial charge in [0.05, 0.1) is 13.1 Å². The van der Waals surface area contributed by atoms with Gasteiger partial charge in [-0.2, -0.15) is 0 Å². The third-order valence-electron chi connectivity index (χ3n) is 3.29. The van der Waals surface area contributed by atoms with Crippen molar-refractivity contribution in [1.82, 2.24) is 4.90 Å². The van der Waals surface area contributed by atoms with Crippen LogP contribution in [0.25, 0.3) is 0 Å². The van der Waals surface area contributed by atoms with Gasteiger partial charge in [0.1, 0.15) is 0 Å². The van der Waals surface area contributed by atoms with Crippen LogP contribution in [0.2, 0.25) is 0 Å². The molecule has 1 heterocycles. The molecule has 0 aromatic carbocycles. The van der Waals surface area contributed by atoms with Crippen LogP contribution in [-0.2, 0) is 0 Å². The minimum atomic E-state index is -2.69. The molecule has 0 unspecified atom stereocenters. The predicted molar refractivity (Wildman–Crippen MR) is 46.7 cm³/mol. The van der Waals surface area contributed by atoms with Gasteiger partial charge in [-0.25, -0.2) is 8.78 Å². The van der Waals surface area contributed by atoms with Crippen LogP contribution in [-0.4, -0.2) is 37.0 Å². The van der Waals surface area contributed by atoms with Crippen molar-refractivity contribution in [2.24, 2.45) is 11.1 Å². The molecule has 2 N–H and O–H groups in total. The lowest BCUT2D eigenvalue weighted by atomic mass is 9.63. The van der Waals surface area contributed by atoms with E-state index in [1.54, 1.807) is 0 Å². The number of hydrogen-bond donors (Lipinski definition) is 1. The maximum absolute atomic E-state index is 12.8. The lowest BCUT2D eigenvalue weighted by Crippen LogP contribution is -2.62. The summed E-state index contributed by atoms with van der Waals surface area (Å²) in [4.78, 5) is 1.83. The molecule has 0 aromatic rings. The van der Waals surface area contributed by atoms with Crippen LogP contribution in [0.4, 0.5) is 8.78 Å². The minimum Gasteiger partial charge on any atom is -0.325 e. The standard InChI is InChI=1S/C9H16F2N2/c10-9(11,4-12)7-13-5-8(6-13)2-1-3-8/h1-7,12H2. The molecular formula is C9H16F2N2. The molecule has 1 spiro atoms. The van der Waals surface area contributed by atoms with Crippen molar-refractivity contribution >= 4 is 0 Å². The van der Waals surface area contributed by atoms with Crippen LogP contribution in [0, 0.1) is 5.41 Å². The summed E-state index contributed by atoms with van der Waals surface area (Å²) in [5.74, 6) is -2.69. The molecule has 13 heavy (non-hydrogen) atoms. The second kappa shape index (κ2) is 2.89. The molecule has 2 aliphatic rings. The summed E-state index contributed by atoms with van der Waals surface area (Å²) in [5.41, 5.74) is 5.41. The zero-order valence-electron chi connectivity index (χ0n) is 7.73. The summed E-state index contributed by atoms with van der Waals surface area (Å²) in [6.07, 6.45) is 3.75. The molecule has 2 nitrogen and oxygen atoms in total. The lowest BCUT2D eigenvalue weighted by Gasteiger charge is -2.56. The smallest absolute Gasteiger partial charge is 0.272 e. The molecule has 1 saturated heterocycles. The number of hydrogen-bond acceptors (Lipinski definition) is 2. The van der Waals surface area contributed by atoms with E-state index >= 15 is 0 Å². The average molecular weight is 190 g/mol. The van der Waals surface area contributed by atoms with Gasteiger partial charge in [-0.3, -0.25) is 4.90 Å². The molecule has 4 heteroatoms. The van der Waals surface area contributed by atoms with Gasteiger partial charge in [0, 0.05) is 13.1 Å². The summed E-state index contributed by atoms with van der Waals surface area (Å²) in [6.45, 7) is 1.05. The van der Waals surface area contributed by atoms with E-state index in [1.165, 1.54) is 19.3 Å². The second-order valence-corrected chi connectivity index (χ2v) is 4.56. The Balaban J connectivity index is 1.74. The Bertz CT molecular complexity index is 194. The highest BCUT2D eigenvalue weighted by Gasteiger charge is 2.49. The molecule has 0 aromatic heterocycles. The number of nitrogens with zero attached hydrogens (tertiary/aromatic N) is 1. The minimum absolute atomic E-state index is 0.148. The van der Waals surface area contributed by atoms with Crippen molar-refractivity contribution < 1.29 is 8.78 Å². The number of rotatable bonds is 3. The largest absolute Gasteiger partial charge is 0.325 e. The normalized spacial score (nSPS) is 27.0. The highest BCUT2D eigenvalue weighted by Crippen LogP contribution is 2.48. The van der Waals surface area contributed by atoms with Crippen molar-refractivity contribution in [3.63, 3.8) is 0 Å². The Morgan fingerprint density at radius 1 is 1.31 bits per heavy atom. The SMILES string of the molecule is NCC(F)(F)CN1CC2(CCC2)C1. The lowest BCUT2D eigenvalue weighted by molar-refractivity contribution is -0.111. The summed E-state index contributed by atoms with van der Waals surface area (Å²) in [7, 11) is 0. The van der Waals surface area contributed by atoms with Gasteiger partial charge in [0.2, 0.25) is 0 Å². The van der Waals surface area contributed by atoms with Crippen molar-refractivity contribution in [2.75, 3.05) is 26.2 Å². The second-order valence-electron chi connectivity index (χ2n) is 4.56. The van der Waals surface area contributed by atoms with E-state index in [1.807, 2.05) is 4.90 Å². The van der Waals surface area contributed by atoms with Crippen LogP contribution in [0.3, 0.4) is 0 Å². The molecule has 1 saturated carbocycles. The number of nitrogens with two attached hydrogens (primary N) is 1. The van der Waals surface area contributed by atoms with Gasteiger partial charge in [-0.15, -0.1) is 0 Å². The maximum Gasteiger partial charge on any atom is 0.272 e. The molecule has 2 fully saturated rings. The van der Waals surface area contributed by atoms with Gasteiger partial charge < -0.3 is 5.73 Å². The predicted octanol–water partition coefficient (Wildman–Crippen LogP) is 1.07. The number of alkyl halides is 2. The van der Waals surface area contributed by atoms with Gasteiger partial charge in [0.15, 0.2) is 0 Å². The third-order valence-corrected chi connectivity index (χ3v) is 3.29. The number of likely N-dealkylation sites (tertiary alicyclic amines) is 1. The average Bonchev–Trinajstić information content (AvgIpc) is 1.92. The van der Waals surface area contributed by atoms with Crippen molar-refractivity contribution in [2.45, 2.75) is 25.2 Å². The Morgan fingerprint density at radius 2 is 1.92 bits per heavy atom. The first-order chi connectivity index (χ1) is 6.05. The fourth-order valence-electron chi connectivity index (χ4n) is 2.40. The highest BCUT2D eigenvalue weighted by atomic mass is 19.3. The fraction of sp³-hybridized carbons (Fsp3) is 1.00. The molecule has 0 bridgehead atoms. The van der Waals surface area contributed by atoms with Crippen molar-refractivity contribution in [3.8, 4) is 0 Å². The maximum atomic E-state index is 12.8. The molecule has 0 atom stereocenters. The Labute approximate surface area is 77.1 Å². The van der Waals surface area contributed by atoms with Crippen LogP contribution < -0.4 is 5.73 Å². The first-order valence-electron chi connectivity index (χ1n) is 4.86. The molecule has 1 aliphatic carbocycles. The Hall–Kier alpha value is -0.220. The first kappa shape index (κ1) is 9.34. The monoisotopic (exact) mass is 190 g/mol. The zero-order chi connectivity index (χ0) is 9.53. The molecule has 0 amide bonds. The highest BCUT2D eigenvalue weighted by molar-refractivity contribution is 5.01. The summed E-state index contributed by atoms with van der Waals surface area (Å²) >= 11 is 0. The van der Waals surface area contributed by atoms with Crippen molar-refractivity contribution in [3.05, 3.63) is 0 Å². The summed E-state index contributed by atoms with van der Waals surface area (Å²) in [5, 5.41) is 0. The topological polar surface area (TPSA) is 29.3 Å².